The molecule has 4 aromatic heterocycles. The van der Waals surface area contributed by atoms with Crippen LogP contribution in [0, 0.1) is 20.8 Å². The number of aryl methyl sites for hydroxylation is 2. The molecular weight excluding hydrogens is 328 g/mol. The number of carbonyl (C=O) groups excluding carboxylic acids is 1. The molecule has 0 saturated carbocycles. The van der Waals surface area contributed by atoms with Crippen LogP contribution in [0.1, 0.15) is 33.0 Å². The molecular formula is C19H20N6O. The zero-order valence-corrected chi connectivity index (χ0v) is 15.2. The lowest BCUT2D eigenvalue weighted by Crippen LogP contribution is -2.06. The van der Waals surface area contributed by atoms with Crippen molar-refractivity contribution in [1.82, 2.24) is 29.9 Å². The molecule has 0 bridgehead atoms. The minimum absolute atomic E-state index is 0.00753. The summed E-state index contributed by atoms with van der Waals surface area (Å²) in [6, 6.07) is 4.05. The largest absolute Gasteiger partial charge is 0.339 e. The summed E-state index contributed by atoms with van der Waals surface area (Å²) in [5.41, 5.74) is 7.09. The number of nitrogens with zero attached hydrogens (tertiary/aromatic N) is 4. The zero-order chi connectivity index (χ0) is 18.4. The van der Waals surface area contributed by atoms with Crippen LogP contribution in [0.2, 0.25) is 0 Å². The van der Waals surface area contributed by atoms with Gasteiger partial charge >= 0.3 is 0 Å². The third kappa shape index (κ3) is 2.61. The van der Waals surface area contributed by atoms with E-state index in [2.05, 4.69) is 25.3 Å². The number of ketones is 1. The molecule has 0 saturated heterocycles. The molecule has 4 rings (SSSR count). The normalized spacial score (nSPS) is 11.4. The van der Waals surface area contributed by atoms with Gasteiger partial charge in [-0.05, 0) is 38.5 Å². The van der Waals surface area contributed by atoms with Crippen LogP contribution >= 0.6 is 0 Å². The van der Waals surface area contributed by atoms with Crippen molar-refractivity contribution in [1.29, 1.82) is 0 Å². The number of aromatic nitrogens is 6. The predicted molar refractivity (Wildman–Crippen MR) is 99.1 cm³/mol. The molecule has 4 aromatic rings. The van der Waals surface area contributed by atoms with Crippen LogP contribution in [0.3, 0.4) is 0 Å². The van der Waals surface area contributed by atoms with E-state index in [1.807, 2.05) is 50.8 Å². The fraction of sp³-hybridized carbons (Fsp3) is 0.263. The molecule has 7 nitrogen and oxygen atoms in total. The van der Waals surface area contributed by atoms with Gasteiger partial charge in [-0.1, -0.05) is 0 Å². The summed E-state index contributed by atoms with van der Waals surface area (Å²) in [5.74, 6) is -0.00753. The van der Waals surface area contributed by atoms with Crippen molar-refractivity contribution in [3.63, 3.8) is 0 Å². The van der Waals surface area contributed by atoms with Crippen LogP contribution in [0.4, 0.5) is 0 Å². The van der Waals surface area contributed by atoms with Crippen LogP contribution < -0.4 is 0 Å². The summed E-state index contributed by atoms with van der Waals surface area (Å²) in [6.07, 6.45) is 3.86. The maximum absolute atomic E-state index is 12.5. The first-order valence-electron chi connectivity index (χ1n) is 8.45. The smallest absolute Gasteiger partial charge is 0.187 e. The van der Waals surface area contributed by atoms with Crippen molar-refractivity contribution in [3.05, 3.63) is 52.7 Å². The number of H-pyrrole nitrogens is 2. The van der Waals surface area contributed by atoms with E-state index in [0.717, 1.165) is 44.8 Å². The van der Waals surface area contributed by atoms with Crippen LogP contribution in [-0.2, 0) is 13.5 Å². The van der Waals surface area contributed by atoms with Crippen molar-refractivity contribution < 1.29 is 4.79 Å². The number of fused-ring (bicyclic) bond motifs is 1. The van der Waals surface area contributed by atoms with Crippen LogP contribution in [0.25, 0.3) is 22.3 Å². The van der Waals surface area contributed by atoms with Crippen molar-refractivity contribution in [2.75, 3.05) is 0 Å². The lowest BCUT2D eigenvalue weighted by Gasteiger charge is -2.00. The van der Waals surface area contributed by atoms with E-state index in [9.17, 15) is 4.79 Å². The molecule has 0 aliphatic rings. The summed E-state index contributed by atoms with van der Waals surface area (Å²) in [5, 5.41) is 12.2. The van der Waals surface area contributed by atoms with Crippen LogP contribution in [0.15, 0.2) is 24.5 Å². The van der Waals surface area contributed by atoms with Crippen LogP contribution in [0.5, 0.6) is 0 Å². The molecule has 0 atom stereocenters. The minimum Gasteiger partial charge on any atom is -0.339 e. The Kier molecular flexibility index (Phi) is 3.72. The second-order valence-electron chi connectivity index (χ2n) is 6.65. The zero-order valence-electron chi connectivity index (χ0n) is 15.2. The van der Waals surface area contributed by atoms with E-state index in [4.69, 9.17) is 0 Å². The Morgan fingerprint density at radius 1 is 1.19 bits per heavy atom. The predicted octanol–water partition coefficient (Wildman–Crippen LogP) is 3.04. The van der Waals surface area contributed by atoms with Crippen molar-refractivity contribution in [3.8, 4) is 11.3 Å². The molecule has 0 unspecified atom stereocenters. The fourth-order valence-electron chi connectivity index (χ4n) is 3.09. The Hall–Kier alpha value is -3.22. The summed E-state index contributed by atoms with van der Waals surface area (Å²) >= 11 is 0. The number of carbonyl (C=O) groups is 1. The SMILES string of the molecule is Cc1[nH]nc(C(=O)Cc2cnc3[nH]c(-c4cnn(C)c4C)cc3c2)c1C. The highest BCUT2D eigenvalue weighted by molar-refractivity contribution is 5.97. The van der Waals surface area contributed by atoms with E-state index in [0.29, 0.717) is 5.69 Å². The first-order chi connectivity index (χ1) is 12.4. The molecule has 4 heterocycles. The number of aromatic amines is 2. The molecule has 0 spiro atoms. The molecule has 26 heavy (non-hydrogen) atoms. The van der Waals surface area contributed by atoms with Gasteiger partial charge in [0.15, 0.2) is 5.78 Å². The van der Waals surface area contributed by atoms with Gasteiger partial charge in [-0.25, -0.2) is 4.98 Å². The second-order valence-corrected chi connectivity index (χ2v) is 6.65. The maximum Gasteiger partial charge on any atom is 0.187 e. The number of rotatable bonds is 4. The lowest BCUT2D eigenvalue weighted by atomic mass is 10.0. The average molecular weight is 348 g/mol. The van der Waals surface area contributed by atoms with E-state index in [-0.39, 0.29) is 12.2 Å². The van der Waals surface area contributed by atoms with Crippen LogP contribution in [-0.4, -0.2) is 35.7 Å². The second kappa shape index (κ2) is 5.94. The van der Waals surface area contributed by atoms with E-state index < -0.39 is 0 Å². The quantitative estimate of drug-likeness (QED) is 0.555. The van der Waals surface area contributed by atoms with Gasteiger partial charge in [0.2, 0.25) is 0 Å². The lowest BCUT2D eigenvalue weighted by molar-refractivity contribution is 0.0987. The Morgan fingerprint density at radius 2 is 2.00 bits per heavy atom. The fourth-order valence-corrected chi connectivity index (χ4v) is 3.09. The Morgan fingerprint density at radius 3 is 2.65 bits per heavy atom. The first kappa shape index (κ1) is 16.3. The standard InChI is InChI=1S/C19H20N6O/c1-10-11(2)23-24-18(10)17(26)6-13-5-14-7-16(22-19(14)20-8-13)15-9-21-25(4)12(15)3/h5,7-9H,6H2,1-4H3,(H,20,22)(H,23,24). The number of nitrogens with one attached hydrogen (secondary N) is 2. The number of hydrogen-bond donors (Lipinski definition) is 2. The van der Waals surface area contributed by atoms with Crippen molar-refractivity contribution in [2.45, 2.75) is 27.2 Å². The first-order valence-corrected chi connectivity index (χ1v) is 8.45. The average Bonchev–Trinajstić information content (AvgIpc) is 3.27. The summed E-state index contributed by atoms with van der Waals surface area (Å²) in [6.45, 7) is 5.84. The van der Waals surface area contributed by atoms with Gasteiger partial charge in [0.25, 0.3) is 0 Å². The molecule has 0 aliphatic heterocycles. The molecule has 2 N–H and O–H groups in total. The topological polar surface area (TPSA) is 92.2 Å². The highest BCUT2D eigenvalue weighted by Gasteiger charge is 2.16. The van der Waals surface area contributed by atoms with E-state index in [1.165, 1.54) is 0 Å². The maximum atomic E-state index is 12.5. The van der Waals surface area contributed by atoms with Gasteiger partial charge in [-0.3, -0.25) is 14.6 Å². The Balaban J connectivity index is 1.64. The number of Topliss-reactive ketones (excluding diaryl/α,β-unsaturated/α-hetero) is 1. The molecule has 0 radical (unpaired) electrons. The number of hydrogen-bond acceptors (Lipinski definition) is 4. The highest BCUT2D eigenvalue weighted by Crippen LogP contribution is 2.26. The minimum atomic E-state index is -0.00753. The monoisotopic (exact) mass is 348 g/mol. The van der Waals surface area contributed by atoms with Crippen molar-refractivity contribution >= 4 is 16.8 Å². The summed E-state index contributed by atoms with van der Waals surface area (Å²) in [7, 11) is 1.92. The van der Waals surface area contributed by atoms with Gasteiger partial charge in [0.05, 0.1) is 11.9 Å². The van der Waals surface area contributed by atoms with E-state index in [1.54, 1.807) is 6.20 Å². The third-order valence-corrected chi connectivity index (χ3v) is 4.93. The van der Waals surface area contributed by atoms with Gasteiger partial charge in [-0.2, -0.15) is 10.2 Å². The van der Waals surface area contributed by atoms with Crippen molar-refractivity contribution in [2.24, 2.45) is 7.05 Å². The molecule has 132 valence electrons. The van der Waals surface area contributed by atoms with Gasteiger partial charge in [-0.15, -0.1) is 0 Å². The number of pyridine rings is 1. The summed E-state index contributed by atoms with van der Waals surface area (Å²) in [4.78, 5) is 20.3. The van der Waals surface area contributed by atoms with E-state index >= 15 is 0 Å². The molecule has 0 aromatic carbocycles. The highest BCUT2D eigenvalue weighted by atomic mass is 16.1. The third-order valence-electron chi connectivity index (χ3n) is 4.93. The molecule has 0 fully saturated rings. The van der Waals surface area contributed by atoms with Gasteiger partial charge in [0.1, 0.15) is 11.3 Å². The van der Waals surface area contributed by atoms with Gasteiger partial charge < -0.3 is 4.98 Å². The summed E-state index contributed by atoms with van der Waals surface area (Å²) < 4.78 is 1.84. The molecule has 7 heteroatoms. The van der Waals surface area contributed by atoms with Gasteiger partial charge in [0, 0.05) is 47.6 Å². The molecule has 0 amide bonds. The Labute approximate surface area is 150 Å². The Bertz CT molecular complexity index is 1130. The molecule has 0 aliphatic carbocycles.